The Morgan fingerprint density at radius 1 is 1.16 bits per heavy atom. The van der Waals surface area contributed by atoms with Gasteiger partial charge in [-0.15, -0.1) is 0 Å². The van der Waals surface area contributed by atoms with Crippen molar-refractivity contribution in [3.05, 3.63) is 0 Å². The van der Waals surface area contributed by atoms with Crippen molar-refractivity contribution in [3.8, 4) is 0 Å². The third kappa shape index (κ3) is 10.5. The molecule has 0 aliphatic heterocycles. The van der Waals surface area contributed by atoms with Crippen molar-refractivity contribution in [1.29, 1.82) is 0 Å². The lowest BCUT2D eigenvalue weighted by atomic mass is 10.1. The second-order valence-electron chi connectivity index (χ2n) is 4.80. The molecule has 0 saturated heterocycles. The molecule has 2 atom stereocenters. The van der Waals surface area contributed by atoms with E-state index in [2.05, 4.69) is 0 Å². The highest BCUT2D eigenvalue weighted by Gasteiger charge is 2.25. The standard InChI is InChI=1S/C12H28NO5P/c1-12(7-6-9-15-4)11-18-19(14,16-5)17-10-8-13(2)3/h12H,6-11H2,1-5H3. The Labute approximate surface area is 117 Å². The van der Waals surface area contributed by atoms with E-state index < -0.39 is 7.82 Å². The smallest absolute Gasteiger partial charge is 0.385 e. The van der Waals surface area contributed by atoms with E-state index in [-0.39, 0.29) is 5.92 Å². The lowest BCUT2D eigenvalue weighted by Gasteiger charge is -2.19. The van der Waals surface area contributed by atoms with Gasteiger partial charge in [0.1, 0.15) is 0 Å². The van der Waals surface area contributed by atoms with Crippen LogP contribution in [0.3, 0.4) is 0 Å². The van der Waals surface area contributed by atoms with Gasteiger partial charge in [0, 0.05) is 27.4 Å². The Hall–Kier alpha value is 0.0300. The summed E-state index contributed by atoms with van der Waals surface area (Å²) in [4.78, 5) is 1.94. The highest BCUT2D eigenvalue weighted by Crippen LogP contribution is 2.48. The predicted molar refractivity (Wildman–Crippen MR) is 75.3 cm³/mol. The van der Waals surface area contributed by atoms with Crippen molar-refractivity contribution in [2.24, 2.45) is 5.92 Å². The fourth-order valence-electron chi connectivity index (χ4n) is 1.36. The molecule has 0 N–H and O–H groups in total. The molecule has 19 heavy (non-hydrogen) atoms. The topological polar surface area (TPSA) is 57.2 Å². The summed E-state index contributed by atoms with van der Waals surface area (Å²) in [5.41, 5.74) is 0. The van der Waals surface area contributed by atoms with Crippen molar-refractivity contribution in [1.82, 2.24) is 4.90 Å². The minimum Gasteiger partial charge on any atom is -0.385 e. The van der Waals surface area contributed by atoms with Gasteiger partial charge in [0.2, 0.25) is 0 Å². The van der Waals surface area contributed by atoms with Gasteiger partial charge in [0.15, 0.2) is 0 Å². The van der Waals surface area contributed by atoms with Crippen LogP contribution in [0.2, 0.25) is 0 Å². The minimum atomic E-state index is -3.41. The molecule has 0 bridgehead atoms. The van der Waals surface area contributed by atoms with E-state index in [1.54, 1.807) is 7.11 Å². The minimum absolute atomic E-state index is 0.288. The number of nitrogens with zero attached hydrogens (tertiary/aromatic N) is 1. The van der Waals surface area contributed by atoms with Crippen LogP contribution in [0.4, 0.5) is 0 Å². The summed E-state index contributed by atoms with van der Waals surface area (Å²) < 4.78 is 32.5. The van der Waals surface area contributed by atoms with Gasteiger partial charge >= 0.3 is 7.82 Å². The molecular formula is C12H28NO5P. The van der Waals surface area contributed by atoms with Crippen LogP contribution >= 0.6 is 7.82 Å². The number of ether oxygens (including phenoxy) is 1. The molecule has 0 amide bonds. The molecule has 0 saturated carbocycles. The fourth-order valence-corrected chi connectivity index (χ4v) is 2.38. The molecule has 6 nitrogen and oxygen atoms in total. The number of likely N-dealkylation sites (N-methyl/N-ethyl adjacent to an activating group) is 1. The van der Waals surface area contributed by atoms with Crippen LogP contribution in [-0.4, -0.2) is 59.6 Å². The number of hydrogen-bond acceptors (Lipinski definition) is 6. The Morgan fingerprint density at radius 2 is 1.84 bits per heavy atom. The molecule has 2 unspecified atom stereocenters. The van der Waals surface area contributed by atoms with E-state index >= 15 is 0 Å². The molecule has 0 aliphatic rings. The predicted octanol–water partition coefficient (Wildman–Crippen LogP) is 2.40. The zero-order valence-corrected chi connectivity index (χ0v) is 13.7. The van der Waals surface area contributed by atoms with E-state index in [0.29, 0.717) is 19.8 Å². The number of phosphoric ester groups is 1. The lowest BCUT2D eigenvalue weighted by molar-refractivity contribution is 0.108. The largest absolute Gasteiger partial charge is 0.474 e. The zero-order valence-electron chi connectivity index (χ0n) is 12.8. The summed E-state index contributed by atoms with van der Waals surface area (Å²) in [5, 5.41) is 0. The first-order valence-electron chi connectivity index (χ1n) is 6.52. The van der Waals surface area contributed by atoms with Gasteiger partial charge in [0.25, 0.3) is 0 Å². The molecule has 0 aromatic rings. The van der Waals surface area contributed by atoms with Crippen LogP contribution < -0.4 is 0 Å². The van der Waals surface area contributed by atoms with Crippen LogP contribution in [0.25, 0.3) is 0 Å². The van der Waals surface area contributed by atoms with Gasteiger partial charge in [-0.2, -0.15) is 0 Å². The Balaban J connectivity index is 3.92. The molecule has 0 fully saturated rings. The zero-order chi connectivity index (χ0) is 14.7. The summed E-state index contributed by atoms with van der Waals surface area (Å²) >= 11 is 0. The van der Waals surface area contributed by atoms with Gasteiger partial charge < -0.3 is 9.64 Å². The van der Waals surface area contributed by atoms with Crippen molar-refractivity contribution >= 4 is 7.82 Å². The highest BCUT2D eigenvalue weighted by molar-refractivity contribution is 7.48. The van der Waals surface area contributed by atoms with Gasteiger partial charge in [-0.3, -0.25) is 13.6 Å². The number of methoxy groups -OCH3 is 1. The van der Waals surface area contributed by atoms with Crippen LogP contribution in [0.15, 0.2) is 0 Å². The van der Waals surface area contributed by atoms with Gasteiger partial charge in [-0.1, -0.05) is 6.92 Å². The summed E-state index contributed by atoms with van der Waals surface area (Å²) in [6.07, 6.45) is 1.91. The summed E-state index contributed by atoms with van der Waals surface area (Å²) in [5.74, 6) is 0.288. The molecule has 0 aromatic heterocycles. The van der Waals surface area contributed by atoms with E-state index in [1.807, 2.05) is 25.9 Å². The first-order chi connectivity index (χ1) is 8.93. The maximum Gasteiger partial charge on any atom is 0.474 e. The first kappa shape index (κ1) is 19.0. The maximum atomic E-state index is 12.1. The fraction of sp³-hybridized carbons (Fsp3) is 1.00. The molecule has 0 aromatic carbocycles. The van der Waals surface area contributed by atoms with Crippen molar-refractivity contribution in [2.75, 3.05) is 54.7 Å². The molecule has 7 heteroatoms. The third-order valence-electron chi connectivity index (χ3n) is 2.57. The molecule has 0 rings (SSSR count). The molecule has 0 heterocycles. The van der Waals surface area contributed by atoms with Gasteiger partial charge in [-0.25, -0.2) is 4.57 Å². The second kappa shape index (κ2) is 10.8. The van der Waals surface area contributed by atoms with E-state index in [1.165, 1.54) is 7.11 Å². The first-order valence-corrected chi connectivity index (χ1v) is 7.98. The normalized spacial score (nSPS) is 16.5. The average molecular weight is 297 g/mol. The van der Waals surface area contributed by atoms with Gasteiger partial charge in [-0.05, 0) is 32.9 Å². The van der Waals surface area contributed by atoms with Crippen LogP contribution in [0.5, 0.6) is 0 Å². The number of hydrogen-bond donors (Lipinski definition) is 0. The van der Waals surface area contributed by atoms with Crippen molar-refractivity contribution in [3.63, 3.8) is 0 Å². The lowest BCUT2D eigenvalue weighted by Crippen LogP contribution is -2.18. The Morgan fingerprint density at radius 3 is 2.37 bits per heavy atom. The van der Waals surface area contributed by atoms with Crippen molar-refractivity contribution < 1.29 is 22.9 Å². The molecular weight excluding hydrogens is 269 g/mol. The van der Waals surface area contributed by atoms with Crippen molar-refractivity contribution in [2.45, 2.75) is 19.8 Å². The van der Waals surface area contributed by atoms with E-state index in [4.69, 9.17) is 18.3 Å². The maximum absolute atomic E-state index is 12.1. The summed E-state index contributed by atoms with van der Waals surface area (Å²) in [6, 6.07) is 0. The van der Waals surface area contributed by atoms with Crippen LogP contribution in [-0.2, 0) is 22.9 Å². The molecule has 116 valence electrons. The van der Waals surface area contributed by atoms with E-state index in [9.17, 15) is 4.57 Å². The van der Waals surface area contributed by atoms with Crippen LogP contribution in [0, 0.1) is 5.92 Å². The van der Waals surface area contributed by atoms with E-state index in [0.717, 1.165) is 19.4 Å². The Bertz CT molecular complexity index is 263. The quantitative estimate of drug-likeness (QED) is 0.407. The third-order valence-corrected chi connectivity index (χ3v) is 3.99. The highest BCUT2D eigenvalue weighted by atomic mass is 31.2. The summed E-state index contributed by atoms with van der Waals surface area (Å²) in [6.45, 7) is 4.11. The number of rotatable bonds is 12. The Kier molecular flexibility index (Phi) is 10.8. The monoisotopic (exact) mass is 297 g/mol. The van der Waals surface area contributed by atoms with Crippen LogP contribution in [0.1, 0.15) is 19.8 Å². The van der Waals surface area contributed by atoms with Gasteiger partial charge in [0.05, 0.1) is 13.2 Å². The number of phosphoric acid groups is 1. The summed E-state index contributed by atoms with van der Waals surface area (Å²) in [7, 11) is 3.44. The molecule has 0 spiro atoms. The average Bonchev–Trinajstić information content (AvgIpc) is 2.36. The molecule has 0 radical (unpaired) electrons. The molecule has 0 aliphatic carbocycles. The second-order valence-corrected chi connectivity index (χ2v) is 6.58. The SMILES string of the molecule is COCCCC(C)COP(=O)(OC)OCCN(C)C.